The first-order valence-corrected chi connectivity index (χ1v) is 6.89. The molecule has 1 saturated carbocycles. The van der Waals surface area contributed by atoms with Gasteiger partial charge in [-0.2, -0.15) is 0 Å². The number of amides is 1. The molecule has 1 atom stereocenters. The fraction of sp³-hybridized carbons (Fsp3) is 0.500. The second-order valence-electron chi connectivity index (χ2n) is 5.57. The zero-order valence-electron chi connectivity index (χ0n) is 12.2. The van der Waals surface area contributed by atoms with E-state index in [9.17, 15) is 14.9 Å². The van der Waals surface area contributed by atoms with Gasteiger partial charge in [-0.25, -0.2) is 0 Å². The van der Waals surface area contributed by atoms with E-state index in [-0.39, 0.29) is 17.6 Å². The minimum absolute atomic E-state index is 0.0159. The predicted octanol–water partition coefficient (Wildman–Crippen LogP) is 1.45. The summed E-state index contributed by atoms with van der Waals surface area (Å²) in [7, 11) is 3.28. The van der Waals surface area contributed by atoms with Gasteiger partial charge in [0.2, 0.25) is 0 Å². The number of hydrogen-bond acceptors (Lipinski definition) is 5. The van der Waals surface area contributed by atoms with Gasteiger partial charge in [0.15, 0.2) is 0 Å². The molecule has 7 heteroatoms. The Labute approximate surface area is 123 Å². The number of nitrogens with two attached hydrogens (primary N) is 1. The van der Waals surface area contributed by atoms with Crippen molar-refractivity contribution in [3.8, 4) is 0 Å². The minimum Gasteiger partial charge on any atom is -0.378 e. The topological polar surface area (TPSA) is 102 Å². The van der Waals surface area contributed by atoms with Gasteiger partial charge in [-0.05, 0) is 30.9 Å². The lowest BCUT2D eigenvalue weighted by Gasteiger charge is -2.15. The molecular weight excluding hydrogens is 272 g/mol. The van der Waals surface area contributed by atoms with Crippen LogP contribution in [-0.4, -0.2) is 42.4 Å². The zero-order chi connectivity index (χ0) is 15.6. The largest absolute Gasteiger partial charge is 0.378 e. The van der Waals surface area contributed by atoms with Crippen molar-refractivity contribution in [1.29, 1.82) is 0 Å². The predicted molar refractivity (Wildman–Crippen MR) is 80.3 cm³/mol. The van der Waals surface area contributed by atoms with E-state index in [0.29, 0.717) is 23.7 Å². The molecule has 1 aliphatic carbocycles. The van der Waals surface area contributed by atoms with Gasteiger partial charge in [-0.15, -0.1) is 0 Å². The van der Waals surface area contributed by atoms with Crippen molar-refractivity contribution in [2.24, 2.45) is 11.7 Å². The quantitative estimate of drug-likeness (QED) is 0.610. The Balaban J connectivity index is 2.19. The summed E-state index contributed by atoms with van der Waals surface area (Å²) >= 11 is 0. The van der Waals surface area contributed by atoms with Gasteiger partial charge in [0.05, 0.1) is 4.92 Å². The molecule has 114 valence electrons. The highest BCUT2D eigenvalue weighted by Gasteiger charge is 2.28. The fourth-order valence-electron chi connectivity index (χ4n) is 2.15. The molecule has 1 amide bonds. The smallest absolute Gasteiger partial charge is 0.292 e. The molecule has 1 aromatic carbocycles. The Morgan fingerprint density at radius 1 is 1.52 bits per heavy atom. The van der Waals surface area contributed by atoms with Crippen molar-refractivity contribution < 1.29 is 9.72 Å². The van der Waals surface area contributed by atoms with Crippen molar-refractivity contribution in [2.75, 3.05) is 26.0 Å². The number of nitro benzene ring substituents is 1. The molecule has 3 N–H and O–H groups in total. The van der Waals surface area contributed by atoms with E-state index < -0.39 is 4.92 Å². The van der Waals surface area contributed by atoms with E-state index in [0.717, 1.165) is 12.8 Å². The van der Waals surface area contributed by atoms with Crippen molar-refractivity contribution in [3.05, 3.63) is 33.9 Å². The summed E-state index contributed by atoms with van der Waals surface area (Å²) in [5.41, 5.74) is 6.69. The number of hydrogen-bond donors (Lipinski definition) is 2. The minimum atomic E-state index is -0.463. The second-order valence-corrected chi connectivity index (χ2v) is 5.57. The molecule has 0 radical (unpaired) electrons. The molecular formula is C14H20N4O3. The molecule has 2 rings (SSSR count). The lowest BCUT2D eigenvalue weighted by molar-refractivity contribution is -0.384. The van der Waals surface area contributed by atoms with Gasteiger partial charge < -0.3 is 16.0 Å². The van der Waals surface area contributed by atoms with E-state index in [1.165, 1.54) is 23.1 Å². The lowest BCUT2D eigenvalue weighted by Crippen LogP contribution is -2.31. The molecule has 0 spiro atoms. The van der Waals surface area contributed by atoms with Crippen LogP contribution in [0.5, 0.6) is 0 Å². The van der Waals surface area contributed by atoms with Crippen LogP contribution in [0.25, 0.3) is 0 Å². The molecule has 1 aromatic rings. The van der Waals surface area contributed by atoms with Gasteiger partial charge in [-0.1, -0.05) is 0 Å². The molecule has 7 nitrogen and oxygen atoms in total. The van der Waals surface area contributed by atoms with E-state index in [2.05, 4.69) is 5.32 Å². The Bertz CT molecular complexity index is 555. The second kappa shape index (κ2) is 6.09. The summed E-state index contributed by atoms with van der Waals surface area (Å²) in [5.74, 6) is 0.308. The summed E-state index contributed by atoms with van der Waals surface area (Å²) in [5, 5.41) is 14.1. The number of nitrogens with one attached hydrogen (secondary N) is 1. The Morgan fingerprint density at radius 3 is 2.71 bits per heavy atom. The summed E-state index contributed by atoms with van der Waals surface area (Å²) in [6.45, 7) is 0.463. The van der Waals surface area contributed by atoms with Gasteiger partial charge >= 0.3 is 0 Å². The Kier molecular flexibility index (Phi) is 4.42. The van der Waals surface area contributed by atoms with Crippen LogP contribution in [0.2, 0.25) is 0 Å². The summed E-state index contributed by atoms with van der Waals surface area (Å²) in [6.07, 6.45) is 2.23. The average Bonchev–Trinajstić information content (AvgIpc) is 3.27. The molecule has 1 fully saturated rings. The summed E-state index contributed by atoms with van der Waals surface area (Å²) in [4.78, 5) is 24.0. The fourth-order valence-corrected chi connectivity index (χ4v) is 2.15. The standard InChI is InChI=1S/C14H20N4O3/c1-17(2)14(19)10-5-6-13(18(20)21)12(7-10)16-8-11(15)9-3-4-9/h5-7,9,11,16H,3-4,8,15H2,1-2H3. The van der Waals surface area contributed by atoms with Crippen LogP contribution in [-0.2, 0) is 0 Å². The van der Waals surface area contributed by atoms with Crippen LogP contribution >= 0.6 is 0 Å². The third-order valence-corrected chi connectivity index (χ3v) is 3.60. The normalized spacial score (nSPS) is 15.4. The van der Waals surface area contributed by atoms with Crippen molar-refractivity contribution >= 4 is 17.3 Å². The van der Waals surface area contributed by atoms with Crippen LogP contribution in [0.4, 0.5) is 11.4 Å². The molecule has 0 saturated heterocycles. The highest BCUT2D eigenvalue weighted by atomic mass is 16.6. The number of carbonyl (C=O) groups excluding carboxylic acids is 1. The molecule has 1 aliphatic rings. The molecule has 0 aliphatic heterocycles. The van der Waals surface area contributed by atoms with Crippen molar-refractivity contribution in [3.63, 3.8) is 0 Å². The first-order valence-electron chi connectivity index (χ1n) is 6.89. The molecule has 0 aromatic heterocycles. The van der Waals surface area contributed by atoms with Crippen LogP contribution in [0, 0.1) is 16.0 Å². The lowest BCUT2D eigenvalue weighted by atomic mass is 10.1. The van der Waals surface area contributed by atoms with E-state index in [4.69, 9.17) is 5.73 Å². The maximum atomic E-state index is 11.9. The number of benzene rings is 1. The van der Waals surface area contributed by atoms with Crippen LogP contribution < -0.4 is 11.1 Å². The highest BCUT2D eigenvalue weighted by Crippen LogP contribution is 2.32. The monoisotopic (exact) mass is 292 g/mol. The molecule has 0 bridgehead atoms. The summed E-state index contributed by atoms with van der Waals surface area (Å²) < 4.78 is 0. The first-order chi connectivity index (χ1) is 9.90. The zero-order valence-corrected chi connectivity index (χ0v) is 12.2. The number of nitro groups is 1. The summed E-state index contributed by atoms with van der Waals surface area (Å²) in [6, 6.07) is 4.31. The molecule has 0 heterocycles. The van der Waals surface area contributed by atoms with Crippen molar-refractivity contribution in [1.82, 2.24) is 4.90 Å². The average molecular weight is 292 g/mol. The van der Waals surface area contributed by atoms with Gasteiger partial charge in [-0.3, -0.25) is 14.9 Å². The third-order valence-electron chi connectivity index (χ3n) is 3.60. The molecule has 21 heavy (non-hydrogen) atoms. The van der Waals surface area contributed by atoms with Gasteiger partial charge in [0.1, 0.15) is 5.69 Å². The van der Waals surface area contributed by atoms with Crippen LogP contribution in [0.3, 0.4) is 0 Å². The van der Waals surface area contributed by atoms with Gasteiger partial charge in [0.25, 0.3) is 11.6 Å². The Morgan fingerprint density at radius 2 is 2.19 bits per heavy atom. The number of carbonyl (C=O) groups is 1. The Hall–Kier alpha value is -2.15. The van der Waals surface area contributed by atoms with Crippen molar-refractivity contribution in [2.45, 2.75) is 18.9 Å². The maximum Gasteiger partial charge on any atom is 0.292 e. The van der Waals surface area contributed by atoms with E-state index >= 15 is 0 Å². The van der Waals surface area contributed by atoms with E-state index in [1.807, 2.05) is 0 Å². The van der Waals surface area contributed by atoms with Crippen LogP contribution in [0.1, 0.15) is 23.2 Å². The number of rotatable bonds is 6. The number of anilines is 1. The highest BCUT2D eigenvalue weighted by molar-refractivity contribution is 5.95. The molecule has 1 unspecified atom stereocenters. The van der Waals surface area contributed by atoms with Crippen LogP contribution in [0.15, 0.2) is 18.2 Å². The SMILES string of the molecule is CN(C)C(=O)c1ccc([N+](=O)[O-])c(NCC(N)C2CC2)c1. The third kappa shape index (κ3) is 3.69. The van der Waals surface area contributed by atoms with E-state index in [1.54, 1.807) is 14.1 Å². The number of nitrogens with zero attached hydrogens (tertiary/aromatic N) is 2. The first kappa shape index (κ1) is 15.2. The maximum absolute atomic E-state index is 11.9. The van der Waals surface area contributed by atoms with Gasteiger partial charge in [0, 0.05) is 38.3 Å².